The molecule has 1 heterocycles. The van der Waals surface area contributed by atoms with E-state index in [1.807, 2.05) is 24.3 Å². The molecule has 0 atom stereocenters. The number of alkyl halides is 2. The Labute approximate surface area is 142 Å². The minimum absolute atomic E-state index is 0.0459. The number of nitrogens with one attached hydrogen (secondary N) is 1. The van der Waals surface area contributed by atoms with Crippen LogP contribution in [0.1, 0.15) is 10.4 Å². The monoisotopic (exact) mass is 344 g/mol. The lowest BCUT2D eigenvalue weighted by atomic mass is 10.1. The van der Waals surface area contributed by atoms with Gasteiger partial charge in [-0.25, -0.2) is 0 Å². The second-order valence-electron chi connectivity index (χ2n) is 5.11. The van der Waals surface area contributed by atoms with Gasteiger partial charge in [0.15, 0.2) is 11.5 Å². The highest BCUT2D eigenvalue weighted by molar-refractivity contribution is 6.05. The van der Waals surface area contributed by atoms with Crippen molar-refractivity contribution in [3.8, 4) is 11.5 Å². The van der Waals surface area contributed by atoms with Crippen molar-refractivity contribution in [2.45, 2.75) is 6.61 Å². The predicted molar refractivity (Wildman–Crippen MR) is 89.3 cm³/mol. The molecule has 25 heavy (non-hydrogen) atoms. The number of anilines is 1. The Kier molecular flexibility index (Phi) is 4.74. The minimum Gasteiger partial charge on any atom is -0.493 e. The Morgan fingerprint density at radius 2 is 1.92 bits per heavy atom. The van der Waals surface area contributed by atoms with Crippen LogP contribution < -0.4 is 14.8 Å². The van der Waals surface area contributed by atoms with E-state index in [0.29, 0.717) is 5.69 Å². The summed E-state index contributed by atoms with van der Waals surface area (Å²) < 4.78 is 34.0. The SMILES string of the molecule is COc1cc(C(=O)Nc2cnc3ccccc3c2)ccc1OC(F)F. The first-order valence-electron chi connectivity index (χ1n) is 7.36. The van der Waals surface area contributed by atoms with Crippen LogP contribution in [-0.4, -0.2) is 24.6 Å². The molecular formula is C18H14F2N2O3. The normalized spacial score (nSPS) is 10.7. The zero-order chi connectivity index (χ0) is 17.8. The molecule has 0 aliphatic rings. The Morgan fingerprint density at radius 1 is 1.12 bits per heavy atom. The van der Waals surface area contributed by atoms with E-state index in [1.165, 1.54) is 25.3 Å². The smallest absolute Gasteiger partial charge is 0.387 e. The van der Waals surface area contributed by atoms with Gasteiger partial charge < -0.3 is 14.8 Å². The number of ether oxygens (including phenoxy) is 2. The maximum atomic E-state index is 12.4. The van der Waals surface area contributed by atoms with Crippen LogP contribution in [0.15, 0.2) is 54.7 Å². The molecule has 1 amide bonds. The van der Waals surface area contributed by atoms with Crippen LogP contribution in [0.2, 0.25) is 0 Å². The fourth-order valence-electron chi connectivity index (χ4n) is 2.34. The number of halogens is 2. The maximum absolute atomic E-state index is 12.4. The van der Waals surface area contributed by atoms with E-state index in [2.05, 4.69) is 15.0 Å². The van der Waals surface area contributed by atoms with Crippen LogP contribution in [-0.2, 0) is 0 Å². The summed E-state index contributed by atoms with van der Waals surface area (Å²) in [5.74, 6) is -0.509. The summed E-state index contributed by atoms with van der Waals surface area (Å²) in [7, 11) is 1.31. The number of pyridine rings is 1. The van der Waals surface area contributed by atoms with Gasteiger partial charge in [0.05, 0.1) is 24.5 Å². The van der Waals surface area contributed by atoms with Gasteiger partial charge in [-0.3, -0.25) is 9.78 Å². The third kappa shape index (κ3) is 3.82. The number of hydrogen-bond acceptors (Lipinski definition) is 4. The maximum Gasteiger partial charge on any atom is 0.387 e. The van der Waals surface area contributed by atoms with Crippen molar-refractivity contribution in [2.24, 2.45) is 0 Å². The number of carbonyl (C=O) groups is 1. The Balaban J connectivity index is 1.82. The molecular weight excluding hydrogens is 330 g/mol. The first-order valence-corrected chi connectivity index (χ1v) is 7.36. The highest BCUT2D eigenvalue weighted by Crippen LogP contribution is 2.29. The number of amides is 1. The van der Waals surface area contributed by atoms with E-state index < -0.39 is 12.5 Å². The molecule has 0 saturated heterocycles. The fourth-order valence-corrected chi connectivity index (χ4v) is 2.34. The van der Waals surface area contributed by atoms with Gasteiger partial charge in [0.1, 0.15) is 0 Å². The third-order valence-electron chi connectivity index (χ3n) is 3.49. The summed E-state index contributed by atoms with van der Waals surface area (Å²) >= 11 is 0. The standard InChI is InChI=1S/C18H14F2N2O3/c1-24-16-9-12(6-7-15(16)25-18(19)20)17(23)22-13-8-11-4-2-3-5-14(11)21-10-13/h2-10,18H,1H3,(H,22,23). The van der Waals surface area contributed by atoms with Gasteiger partial charge in [-0.15, -0.1) is 0 Å². The fraction of sp³-hybridized carbons (Fsp3) is 0.111. The molecule has 0 bridgehead atoms. The number of carbonyl (C=O) groups excluding carboxylic acids is 1. The summed E-state index contributed by atoms with van der Waals surface area (Å²) in [4.78, 5) is 16.6. The lowest BCUT2D eigenvalue weighted by Crippen LogP contribution is -2.12. The van der Waals surface area contributed by atoms with E-state index in [-0.39, 0.29) is 17.1 Å². The first kappa shape index (κ1) is 16.6. The number of para-hydroxylation sites is 1. The third-order valence-corrected chi connectivity index (χ3v) is 3.49. The molecule has 0 spiro atoms. The molecule has 0 saturated carbocycles. The molecule has 1 aromatic heterocycles. The highest BCUT2D eigenvalue weighted by Gasteiger charge is 2.14. The van der Waals surface area contributed by atoms with Crippen LogP contribution in [0.5, 0.6) is 11.5 Å². The van der Waals surface area contributed by atoms with Crippen molar-refractivity contribution in [2.75, 3.05) is 12.4 Å². The van der Waals surface area contributed by atoms with E-state index in [4.69, 9.17) is 4.74 Å². The van der Waals surface area contributed by atoms with E-state index in [1.54, 1.807) is 12.3 Å². The van der Waals surface area contributed by atoms with Crippen LogP contribution in [0.25, 0.3) is 10.9 Å². The van der Waals surface area contributed by atoms with Crippen molar-refractivity contribution in [1.29, 1.82) is 0 Å². The van der Waals surface area contributed by atoms with Gasteiger partial charge >= 0.3 is 6.61 Å². The number of nitrogens with zero attached hydrogens (tertiary/aromatic N) is 1. The molecule has 3 aromatic rings. The van der Waals surface area contributed by atoms with Gasteiger partial charge in [0.2, 0.25) is 0 Å². The predicted octanol–water partition coefficient (Wildman–Crippen LogP) is 4.10. The van der Waals surface area contributed by atoms with E-state index in [9.17, 15) is 13.6 Å². The van der Waals surface area contributed by atoms with Gasteiger partial charge in [0, 0.05) is 10.9 Å². The molecule has 0 aliphatic carbocycles. The topological polar surface area (TPSA) is 60.5 Å². The number of aromatic nitrogens is 1. The van der Waals surface area contributed by atoms with Crippen molar-refractivity contribution < 1.29 is 23.0 Å². The minimum atomic E-state index is -2.97. The largest absolute Gasteiger partial charge is 0.493 e. The van der Waals surface area contributed by atoms with Crippen LogP contribution in [0.4, 0.5) is 14.5 Å². The van der Waals surface area contributed by atoms with Crippen LogP contribution >= 0.6 is 0 Å². The summed E-state index contributed by atoms with van der Waals surface area (Å²) in [6.07, 6.45) is 1.55. The van der Waals surface area contributed by atoms with Crippen molar-refractivity contribution >= 4 is 22.5 Å². The van der Waals surface area contributed by atoms with Crippen molar-refractivity contribution in [3.63, 3.8) is 0 Å². The molecule has 1 N–H and O–H groups in total. The lowest BCUT2D eigenvalue weighted by Gasteiger charge is -2.11. The summed E-state index contributed by atoms with van der Waals surface area (Å²) in [6, 6.07) is 13.3. The number of fused-ring (bicyclic) bond motifs is 1. The Morgan fingerprint density at radius 3 is 2.68 bits per heavy atom. The van der Waals surface area contributed by atoms with Gasteiger partial charge in [-0.2, -0.15) is 8.78 Å². The molecule has 128 valence electrons. The number of rotatable bonds is 5. The number of benzene rings is 2. The lowest BCUT2D eigenvalue weighted by molar-refractivity contribution is -0.0512. The summed E-state index contributed by atoms with van der Waals surface area (Å²) in [5.41, 5.74) is 1.58. The van der Waals surface area contributed by atoms with Gasteiger partial charge in [0.25, 0.3) is 5.91 Å². The van der Waals surface area contributed by atoms with Crippen molar-refractivity contribution in [1.82, 2.24) is 4.98 Å². The zero-order valence-electron chi connectivity index (χ0n) is 13.2. The Bertz CT molecular complexity index is 916. The zero-order valence-corrected chi connectivity index (χ0v) is 13.2. The molecule has 0 aliphatic heterocycles. The van der Waals surface area contributed by atoms with Crippen LogP contribution in [0, 0.1) is 0 Å². The summed E-state index contributed by atoms with van der Waals surface area (Å²) in [6.45, 7) is -2.97. The molecule has 2 aromatic carbocycles. The average molecular weight is 344 g/mol. The van der Waals surface area contributed by atoms with Crippen molar-refractivity contribution in [3.05, 3.63) is 60.3 Å². The molecule has 5 nitrogen and oxygen atoms in total. The second-order valence-corrected chi connectivity index (χ2v) is 5.11. The number of hydrogen-bond donors (Lipinski definition) is 1. The highest BCUT2D eigenvalue weighted by atomic mass is 19.3. The van der Waals surface area contributed by atoms with Gasteiger partial charge in [-0.05, 0) is 30.3 Å². The van der Waals surface area contributed by atoms with E-state index >= 15 is 0 Å². The molecule has 7 heteroatoms. The molecule has 3 rings (SSSR count). The average Bonchev–Trinajstić information content (AvgIpc) is 2.61. The van der Waals surface area contributed by atoms with E-state index in [0.717, 1.165) is 10.9 Å². The summed E-state index contributed by atoms with van der Waals surface area (Å²) in [5, 5.41) is 3.60. The molecule has 0 unspecified atom stereocenters. The Hall–Kier alpha value is -3.22. The molecule has 0 radical (unpaired) electrons. The quantitative estimate of drug-likeness (QED) is 0.757. The second kappa shape index (κ2) is 7.12. The van der Waals surface area contributed by atoms with Gasteiger partial charge in [-0.1, -0.05) is 18.2 Å². The first-order chi connectivity index (χ1) is 12.1. The molecule has 0 fully saturated rings. The number of methoxy groups -OCH3 is 1. The van der Waals surface area contributed by atoms with Crippen LogP contribution in [0.3, 0.4) is 0 Å².